The third kappa shape index (κ3) is 4.09. The Morgan fingerprint density at radius 2 is 1.65 bits per heavy atom. The Kier molecular flexibility index (Phi) is 5.06. The van der Waals surface area contributed by atoms with Crippen molar-refractivity contribution in [3.63, 3.8) is 0 Å². The average Bonchev–Trinajstić information content (AvgIpc) is 2.60. The minimum atomic E-state index is -3.88. The zero-order chi connectivity index (χ0) is 18.7. The minimum Gasteiger partial charge on any atom is -0.354 e. The van der Waals surface area contributed by atoms with E-state index < -0.39 is 21.7 Å². The van der Waals surface area contributed by atoms with E-state index in [1.54, 1.807) is 18.2 Å². The first-order valence-electron chi connectivity index (χ1n) is 7.31. The van der Waals surface area contributed by atoms with Gasteiger partial charge in [-0.25, -0.2) is 22.2 Å². The van der Waals surface area contributed by atoms with E-state index >= 15 is 0 Å². The first-order chi connectivity index (χ1) is 12.3. The first kappa shape index (κ1) is 18.1. The van der Waals surface area contributed by atoms with Gasteiger partial charge in [-0.15, -0.1) is 0 Å². The van der Waals surface area contributed by atoms with Gasteiger partial charge in [0.25, 0.3) is 10.0 Å². The maximum Gasteiger partial charge on any atom is 0.264 e. The average molecular weight is 396 g/mol. The van der Waals surface area contributed by atoms with Gasteiger partial charge in [0.1, 0.15) is 10.7 Å². The highest BCUT2D eigenvalue weighted by molar-refractivity contribution is 7.92. The van der Waals surface area contributed by atoms with Crippen LogP contribution >= 0.6 is 11.6 Å². The van der Waals surface area contributed by atoms with Gasteiger partial charge in [0.2, 0.25) is 0 Å². The predicted octanol–water partition coefficient (Wildman–Crippen LogP) is 4.56. The Morgan fingerprint density at radius 3 is 2.31 bits per heavy atom. The molecule has 0 saturated heterocycles. The van der Waals surface area contributed by atoms with E-state index in [1.807, 2.05) is 0 Å². The molecular weight excluding hydrogens is 384 g/mol. The number of aromatic nitrogens is 1. The second-order valence-corrected chi connectivity index (χ2v) is 7.28. The Morgan fingerprint density at radius 1 is 0.923 bits per heavy atom. The third-order valence-electron chi connectivity index (χ3n) is 3.34. The van der Waals surface area contributed by atoms with Gasteiger partial charge in [-0.1, -0.05) is 23.7 Å². The highest BCUT2D eigenvalue weighted by atomic mass is 35.5. The lowest BCUT2D eigenvalue weighted by Crippen LogP contribution is -2.14. The van der Waals surface area contributed by atoms with E-state index in [1.165, 1.54) is 30.5 Å². The van der Waals surface area contributed by atoms with Crippen LogP contribution in [0.3, 0.4) is 0 Å². The Labute approximate surface area is 153 Å². The fourth-order valence-electron chi connectivity index (χ4n) is 2.12. The Balaban J connectivity index is 1.75. The minimum absolute atomic E-state index is 0.0625. The Bertz CT molecular complexity index is 1040. The number of sulfonamides is 1. The zero-order valence-electron chi connectivity index (χ0n) is 13.1. The molecule has 0 aliphatic carbocycles. The summed E-state index contributed by atoms with van der Waals surface area (Å²) in [6.45, 7) is 0. The van der Waals surface area contributed by atoms with Crippen molar-refractivity contribution in [2.45, 2.75) is 4.90 Å². The van der Waals surface area contributed by atoms with Crippen LogP contribution in [0.25, 0.3) is 0 Å². The molecule has 0 saturated carbocycles. The van der Waals surface area contributed by atoms with Crippen LogP contribution in [0.1, 0.15) is 0 Å². The number of nitrogens with one attached hydrogen (secondary N) is 2. The third-order valence-corrected chi connectivity index (χ3v) is 5.19. The van der Waals surface area contributed by atoms with Crippen LogP contribution in [0.15, 0.2) is 65.7 Å². The number of nitrogens with zero attached hydrogens (tertiary/aromatic N) is 1. The van der Waals surface area contributed by atoms with Gasteiger partial charge >= 0.3 is 0 Å². The van der Waals surface area contributed by atoms with Crippen molar-refractivity contribution in [1.29, 1.82) is 0 Å². The maximum absolute atomic E-state index is 13.2. The molecular formula is C17H12ClF2N3O2S. The summed E-state index contributed by atoms with van der Waals surface area (Å²) in [6.07, 6.45) is 1.35. The molecule has 0 spiro atoms. The number of rotatable bonds is 5. The molecule has 0 unspecified atom stereocenters. The van der Waals surface area contributed by atoms with Crippen LogP contribution < -0.4 is 10.0 Å². The van der Waals surface area contributed by atoms with Gasteiger partial charge in [0.15, 0.2) is 11.6 Å². The van der Waals surface area contributed by atoms with Crippen molar-refractivity contribution in [2.75, 3.05) is 10.0 Å². The normalized spacial score (nSPS) is 11.2. The quantitative estimate of drug-likeness (QED) is 0.664. The molecule has 0 radical (unpaired) electrons. The molecule has 1 aromatic heterocycles. The molecule has 26 heavy (non-hydrogen) atoms. The van der Waals surface area contributed by atoms with Gasteiger partial charge in [-0.2, -0.15) is 0 Å². The van der Waals surface area contributed by atoms with Crippen molar-refractivity contribution < 1.29 is 17.2 Å². The summed E-state index contributed by atoms with van der Waals surface area (Å²) in [4.78, 5) is 3.93. The fraction of sp³-hybridized carbons (Fsp3) is 0. The van der Waals surface area contributed by atoms with Gasteiger partial charge in [0, 0.05) is 11.8 Å². The topological polar surface area (TPSA) is 71.1 Å². The standard InChI is InChI=1S/C17H12ClF2N3O2S/c18-13-3-1-2-4-16(13)26(24,25)23-17-8-6-12(10-21-17)22-11-5-7-14(19)15(20)9-11/h1-10,22H,(H,21,23). The summed E-state index contributed by atoms with van der Waals surface area (Å²) in [5.74, 6) is -1.84. The van der Waals surface area contributed by atoms with E-state index in [9.17, 15) is 17.2 Å². The van der Waals surface area contributed by atoms with E-state index in [4.69, 9.17) is 11.6 Å². The molecule has 134 valence electrons. The lowest BCUT2D eigenvalue weighted by Gasteiger charge is -2.10. The summed E-state index contributed by atoms with van der Waals surface area (Å²) in [7, 11) is -3.88. The molecule has 1 heterocycles. The fourth-order valence-corrected chi connectivity index (χ4v) is 3.65. The highest BCUT2D eigenvalue weighted by Crippen LogP contribution is 2.24. The lowest BCUT2D eigenvalue weighted by atomic mass is 10.3. The zero-order valence-corrected chi connectivity index (χ0v) is 14.7. The number of anilines is 3. The molecule has 2 N–H and O–H groups in total. The summed E-state index contributed by atoms with van der Waals surface area (Å²) in [5, 5.41) is 2.93. The highest BCUT2D eigenvalue weighted by Gasteiger charge is 2.17. The van der Waals surface area contributed by atoms with Gasteiger partial charge < -0.3 is 5.32 Å². The monoisotopic (exact) mass is 395 g/mol. The molecule has 5 nitrogen and oxygen atoms in total. The predicted molar refractivity (Wildman–Crippen MR) is 96.1 cm³/mol. The van der Waals surface area contributed by atoms with E-state index in [0.29, 0.717) is 11.4 Å². The smallest absolute Gasteiger partial charge is 0.264 e. The molecule has 3 rings (SSSR count). The van der Waals surface area contributed by atoms with E-state index in [2.05, 4.69) is 15.0 Å². The van der Waals surface area contributed by atoms with Crippen LogP contribution in [-0.4, -0.2) is 13.4 Å². The van der Waals surface area contributed by atoms with Gasteiger partial charge in [-0.05, 0) is 36.4 Å². The molecule has 0 bridgehead atoms. The van der Waals surface area contributed by atoms with Crippen molar-refractivity contribution in [3.8, 4) is 0 Å². The van der Waals surface area contributed by atoms with Gasteiger partial charge in [0.05, 0.1) is 16.9 Å². The van der Waals surface area contributed by atoms with Crippen LogP contribution in [-0.2, 0) is 10.0 Å². The van der Waals surface area contributed by atoms with Crippen molar-refractivity contribution in [2.24, 2.45) is 0 Å². The van der Waals surface area contributed by atoms with Crippen molar-refractivity contribution in [1.82, 2.24) is 4.98 Å². The number of hydrogen-bond donors (Lipinski definition) is 2. The SMILES string of the molecule is O=S(=O)(Nc1ccc(Nc2ccc(F)c(F)c2)cn1)c1ccccc1Cl. The van der Waals surface area contributed by atoms with Crippen molar-refractivity contribution >= 4 is 38.8 Å². The first-order valence-corrected chi connectivity index (χ1v) is 9.17. The molecule has 0 fully saturated rings. The second-order valence-electron chi connectivity index (χ2n) is 5.22. The van der Waals surface area contributed by atoms with Crippen LogP contribution in [0, 0.1) is 11.6 Å². The van der Waals surface area contributed by atoms with Crippen molar-refractivity contribution in [3.05, 3.63) is 77.5 Å². The molecule has 3 aromatic rings. The second kappa shape index (κ2) is 7.27. The maximum atomic E-state index is 13.2. The van der Waals surface area contributed by atoms with Crippen LogP contribution in [0.5, 0.6) is 0 Å². The van der Waals surface area contributed by atoms with E-state index in [0.717, 1.165) is 12.1 Å². The lowest BCUT2D eigenvalue weighted by molar-refractivity contribution is 0.509. The molecule has 0 aliphatic rings. The molecule has 0 aliphatic heterocycles. The molecule has 0 atom stereocenters. The van der Waals surface area contributed by atoms with Crippen LogP contribution in [0.4, 0.5) is 26.0 Å². The van der Waals surface area contributed by atoms with E-state index in [-0.39, 0.29) is 15.7 Å². The molecule has 0 amide bonds. The van der Waals surface area contributed by atoms with Gasteiger partial charge in [-0.3, -0.25) is 4.72 Å². The molecule has 2 aromatic carbocycles. The summed E-state index contributed by atoms with van der Waals surface area (Å²) in [6, 6.07) is 12.4. The number of hydrogen-bond acceptors (Lipinski definition) is 4. The number of benzene rings is 2. The molecule has 9 heteroatoms. The summed E-state index contributed by atoms with van der Waals surface area (Å²) >= 11 is 5.91. The van der Waals surface area contributed by atoms with Crippen LogP contribution in [0.2, 0.25) is 5.02 Å². The largest absolute Gasteiger partial charge is 0.354 e. The summed E-state index contributed by atoms with van der Waals surface area (Å²) < 4.78 is 53.1. The Hall–Kier alpha value is -2.71. The number of halogens is 3. The number of pyridine rings is 1. The summed E-state index contributed by atoms with van der Waals surface area (Å²) in [5.41, 5.74) is 0.798.